The van der Waals surface area contributed by atoms with Crippen molar-refractivity contribution in [2.45, 2.75) is 25.9 Å². The predicted molar refractivity (Wildman–Crippen MR) is 126 cm³/mol. The molecule has 1 aromatic heterocycles. The van der Waals surface area contributed by atoms with Crippen molar-refractivity contribution in [3.05, 3.63) is 63.5 Å². The van der Waals surface area contributed by atoms with E-state index in [9.17, 15) is 4.79 Å². The third-order valence-electron chi connectivity index (χ3n) is 5.09. The Balaban J connectivity index is 1.55. The lowest BCUT2D eigenvalue weighted by molar-refractivity contribution is -0.120. The van der Waals surface area contributed by atoms with Crippen molar-refractivity contribution in [1.82, 2.24) is 4.98 Å². The molecule has 1 amide bonds. The average Bonchev–Trinajstić information content (AvgIpc) is 3.43. The third-order valence-corrected chi connectivity index (χ3v) is 6.50. The minimum Gasteiger partial charge on any atom is -0.483 e. The topological polar surface area (TPSA) is 51.7 Å². The first kappa shape index (κ1) is 22.1. The number of halogens is 2. The lowest BCUT2D eigenvalue weighted by Gasteiger charge is -2.23. The molecule has 0 spiro atoms. The van der Waals surface area contributed by atoms with Gasteiger partial charge in [-0.25, -0.2) is 4.98 Å². The van der Waals surface area contributed by atoms with E-state index in [2.05, 4.69) is 0 Å². The van der Waals surface area contributed by atoms with Crippen LogP contribution < -0.4 is 9.64 Å². The van der Waals surface area contributed by atoms with Gasteiger partial charge in [0, 0.05) is 22.6 Å². The van der Waals surface area contributed by atoms with Crippen molar-refractivity contribution in [3.8, 4) is 17.0 Å². The van der Waals surface area contributed by atoms with Gasteiger partial charge in [-0.2, -0.15) is 0 Å². The number of thiazole rings is 1. The van der Waals surface area contributed by atoms with Crippen molar-refractivity contribution >= 4 is 45.6 Å². The Morgan fingerprint density at radius 2 is 2.13 bits per heavy atom. The SMILES string of the molecule is Cc1ccccc1OCC(=O)N(C[C@H]1CCCO1)c1nc(-c2ccc(Cl)cc2Cl)cs1. The van der Waals surface area contributed by atoms with Crippen LogP contribution in [0.3, 0.4) is 0 Å². The summed E-state index contributed by atoms with van der Waals surface area (Å²) in [5.41, 5.74) is 2.45. The molecule has 0 radical (unpaired) electrons. The molecule has 0 aliphatic carbocycles. The van der Waals surface area contributed by atoms with E-state index in [4.69, 9.17) is 37.7 Å². The summed E-state index contributed by atoms with van der Waals surface area (Å²) in [6.07, 6.45) is 1.91. The average molecular weight is 477 g/mol. The molecule has 0 N–H and O–H groups in total. The minimum absolute atomic E-state index is 0.00567. The van der Waals surface area contributed by atoms with Crippen molar-refractivity contribution in [1.29, 1.82) is 0 Å². The summed E-state index contributed by atoms with van der Waals surface area (Å²) in [6.45, 7) is 3.04. The zero-order valence-electron chi connectivity index (χ0n) is 17.0. The maximum atomic E-state index is 13.1. The Labute approximate surface area is 195 Å². The van der Waals surface area contributed by atoms with Crippen LogP contribution in [0, 0.1) is 6.92 Å². The van der Waals surface area contributed by atoms with Gasteiger partial charge < -0.3 is 9.47 Å². The number of carbonyl (C=O) groups is 1. The van der Waals surface area contributed by atoms with E-state index in [-0.39, 0.29) is 18.6 Å². The molecule has 1 fully saturated rings. The Morgan fingerprint density at radius 3 is 2.87 bits per heavy atom. The highest BCUT2D eigenvalue weighted by Crippen LogP contribution is 2.34. The van der Waals surface area contributed by atoms with Gasteiger partial charge in [0.25, 0.3) is 5.91 Å². The number of hydrogen-bond donors (Lipinski definition) is 0. The lowest BCUT2D eigenvalue weighted by atomic mass is 10.2. The van der Waals surface area contributed by atoms with Crippen LogP contribution in [-0.4, -0.2) is 36.8 Å². The van der Waals surface area contributed by atoms with Crippen LogP contribution in [0.2, 0.25) is 10.0 Å². The monoisotopic (exact) mass is 476 g/mol. The molecule has 1 saturated heterocycles. The van der Waals surface area contributed by atoms with Gasteiger partial charge in [0.2, 0.25) is 0 Å². The van der Waals surface area contributed by atoms with E-state index >= 15 is 0 Å². The number of aryl methyl sites for hydroxylation is 1. The van der Waals surface area contributed by atoms with Gasteiger partial charge in [-0.3, -0.25) is 9.69 Å². The van der Waals surface area contributed by atoms with Crippen LogP contribution >= 0.6 is 34.5 Å². The second-order valence-corrected chi connectivity index (χ2v) is 9.01. The Kier molecular flexibility index (Phi) is 7.13. The number of amides is 1. The minimum atomic E-state index is -0.165. The van der Waals surface area contributed by atoms with Crippen molar-refractivity contribution in [2.24, 2.45) is 0 Å². The van der Waals surface area contributed by atoms with E-state index in [0.29, 0.717) is 33.2 Å². The fourth-order valence-corrected chi connectivity index (χ4v) is 4.78. The number of nitrogens with zero attached hydrogens (tertiary/aromatic N) is 2. The first-order chi connectivity index (χ1) is 15.0. The summed E-state index contributed by atoms with van der Waals surface area (Å²) < 4.78 is 11.6. The van der Waals surface area contributed by atoms with Gasteiger partial charge in [0.1, 0.15) is 5.75 Å². The highest BCUT2D eigenvalue weighted by Gasteiger charge is 2.26. The molecule has 4 rings (SSSR count). The molecule has 2 aromatic carbocycles. The molecule has 8 heteroatoms. The smallest absolute Gasteiger partial charge is 0.266 e. The first-order valence-corrected chi connectivity index (χ1v) is 11.7. The Morgan fingerprint density at radius 1 is 1.29 bits per heavy atom. The zero-order chi connectivity index (χ0) is 21.8. The number of carbonyl (C=O) groups excluding carboxylic acids is 1. The van der Waals surface area contributed by atoms with Gasteiger partial charge >= 0.3 is 0 Å². The molecule has 5 nitrogen and oxygen atoms in total. The standard InChI is InChI=1S/C23H22Cl2N2O3S/c1-15-5-2-3-7-21(15)30-13-22(28)27(12-17-6-4-10-29-17)23-26-20(14-31-23)18-9-8-16(24)11-19(18)25/h2-3,5,7-9,11,14,17H,4,6,10,12-13H2,1H3/t17-/m1/s1. The highest BCUT2D eigenvalue weighted by atomic mass is 35.5. The lowest BCUT2D eigenvalue weighted by Crippen LogP contribution is -2.40. The third kappa shape index (κ3) is 5.39. The summed E-state index contributed by atoms with van der Waals surface area (Å²) in [5.74, 6) is 0.530. The number of para-hydroxylation sites is 1. The molecule has 1 atom stereocenters. The Hall–Kier alpha value is -2.12. The van der Waals surface area contributed by atoms with Crippen LogP contribution in [0.5, 0.6) is 5.75 Å². The summed E-state index contributed by atoms with van der Waals surface area (Å²) in [4.78, 5) is 19.5. The van der Waals surface area contributed by atoms with Crippen LogP contribution in [-0.2, 0) is 9.53 Å². The van der Waals surface area contributed by atoms with Gasteiger partial charge in [-0.1, -0.05) is 41.4 Å². The van der Waals surface area contributed by atoms with Crippen molar-refractivity contribution in [3.63, 3.8) is 0 Å². The molecular weight excluding hydrogens is 455 g/mol. The molecule has 2 heterocycles. The molecule has 3 aromatic rings. The maximum absolute atomic E-state index is 13.1. The number of ether oxygens (including phenoxy) is 2. The van der Waals surface area contributed by atoms with Gasteiger partial charge in [-0.15, -0.1) is 11.3 Å². The van der Waals surface area contributed by atoms with Gasteiger partial charge in [0.15, 0.2) is 11.7 Å². The van der Waals surface area contributed by atoms with Crippen LogP contribution in [0.25, 0.3) is 11.3 Å². The largest absolute Gasteiger partial charge is 0.483 e. The van der Waals surface area contributed by atoms with E-state index in [1.54, 1.807) is 17.0 Å². The molecule has 0 bridgehead atoms. The highest BCUT2D eigenvalue weighted by molar-refractivity contribution is 7.14. The molecule has 0 saturated carbocycles. The number of hydrogen-bond acceptors (Lipinski definition) is 5. The molecule has 31 heavy (non-hydrogen) atoms. The number of benzene rings is 2. The summed E-state index contributed by atoms with van der Waals surface area (Å²) >= 11 is 13.7. The summed E-state index contributed by atoms with van der Waals surface area (Å²) in [6, 6.07) is 12.9. The quantitative estimate of drug-likeness (QED) is 0.418. The summed E-state index contributed by atoms with van der Waals surface area (Å²) in [5, 5.41) is 3.56. The van der Waals surface area contributed by atoms with E-state index in [1.807, 2.05) is 42.6 Å². The molecule has 0 unspecified atom stereocenters. The van der Waals surface area contributed by atoms with Crippen LogP contribution in [0.4, 0.5) is 5.13 Å². The van der Waals surface area contributed by atoms with Crippen LogP contribution in [0.1, 0.15) is 18.4 Å². The Bertz CT molecular complexity index is 1070. The van der Waals surface area contributed by atoms with Crippen LogP contribution in [0.15, 0.2) is 47.8 Å². The second-order valence-electron chi connectivity index (χ2n) is 7.33. The van der Waals surface area contributed by atoms with Gasteiger partial charge in [-0.05, 0) is 49.6 Å². The number of aromatic nitrogens is 1. The molecule has 162 valence electrons. The molecule has 1 aliphatic heterocycles. The van der Waals surface area contributed by atoms with Gasteiger partial charge in [0.05, 0.1) is 23.4 Å². The normalized spacial score (nSPS) is 15.8. The predicted octanol–water partition coefficient (Wildman–Crippen LogP) is 6.02. The number of rotatable bonds is 7. The number of anilines is 1. The summed E-state index contributed by atoms with van der Waals surface area (Å²) in [7, 11) is 0. The maximum Gasteiger partial charge on any atom is 0.266 e. The van der Waals surface area contributed by atoms with Crippen molar-refractivity contribution < 1.29 is 14.3 Å². The van der Waals surface area contributed by atoms with E-state index < -0.39 is 0 Å². The second kappa shape index (κ2) is 10.0. The zero-order valence-corrected chi connectivity index (χ0v) is 19.3. The van der Waals surface area contributed by atoms with E-state index in [1.165, 1.54) is 11.3 Å². The molecule has 1 aliphatic rings. The van der Waals surface area contributed by atoms with Crippen molar-refractivity contribution in [2.75, 3.05) is 24.7 Å². The fraction of sp³-hybridized carbons (Fsp3) is 0.304. The van der Waals surface area contributed by atoms with E-state index in [0.717, 1.165) is 30.6 Å². The fourth-order valence-electron chi connectivity index (χ4n) is 3.42. The first-order valence-electron chi connectivity index (χ1n) is 10.0. The molecular formula is C23H22Cl2N2O3S.